The molecule has 1 unspecified atom stereocenters. The molecule has 3 aromatic rings. The molecule has 0 fully saturated rings. The Labute approximate surface area is 150 Å². The maximum atomic E-state index is 12.8. The summed E-state index contributed by atoms with van der Waals surface area (Å²) in [6.45, 7) is 1.67. The van der Waals surface area contributed by atoms with Gasteiger partial charge in [0.2, 0.25) is 11.7 Å². The number of tetrazole rings is 1. The van der Waals surface area contributed by atoms with Crippen LogP contribution in [0.15, 0.2) is 41.8 Å². The van der Waals surface area contributed by atoms with Gasteiger partial charge in [0, 0.05) is 10.4 Å². The predicted molar refractivity (Wildman–Crippen MR) is 89.1 cm³/mol. The van der Waals surface area contributed by atoms with Crippen LogP contribution in [0.2, 0.25) is 0 Å². The number of benzene rings is 1. The Bertz CT molecular complexity index is 891. The highest BCUT2D eigenvalue weighted by Crippen LogP contribution is 2.31. The first-order valence-corrected chi connectivity index (χ1v) is 8.49. The standard InChI is InChI=1S/C16H14F3N5OS/c1-10(13-6-3-7-26-13)20-14(25)9-24-22-15(21-23-24)11-4-2-5-12(8-11)16(17,18)19/h2-8,10H,9H2,1H3,(H,20,25). The molecule has 2 heterocycles. The fraction of sp³-hybridized carbons (Fsp3) is 0.250. The first-order valence-electron chi connectivity index (χ1n) is 7.61. The van der Waals surface area contributed by atoms with Gasteiger partial charge >= 0.3 is 6.18 Å². The lowest BCUT2D eigenvalue weighted by atomic mass is 10.1. The minimum Gasteiger partial charge on any atom is -0.347 e. The Balaban J connectivity index is 1.67. The Kier molecular flexibility index (Phi) is 5.03. The van der Waals surface area contributed by atoms with E-state index >= 15 is 0 Å². The lowest BCUT2D eigenvalue weighted by molar-refractivity contribution is -0.137. The van der Waals surface area contributed by atoms with Gasteiger partial charge in [-0.05, 0) is 35.7 Å². The molecule has 1 atom stereocenters. The second-order valence-electron chi connectivity index (χ2n) is 5.53. The number of hydrogen-bond donors (Lipinski definition) is 1. The molecule has 0 aliphatic carbocycles. The van der Waals surface area contributed by atoms with Crippen LogP contribution in [0.25, 0.3) is 11.4 Å². The summed E-state index contributed by atoms with van der Waals surface area (Å²) in [5.74, 6) is -0.297. The van der Waals surface area contributed by atoms with Crippen LogP contribution >= 0.6 is 11.3 Å². The summed E-state index contributed by atoms with van der Waals surface area (Å²) in [7, 11) is 0. The van der Waals surface area contributed by atoms with E-state index in [0.717, 1.165) is 21.8 Å². The number of alkyl halides is 3. The number of nitrogens with zero attached hydrogens (tertiary/aromatic N) is 4. The first-order chi connectivity index (χ1) is 12.3. The maximum absolute atomic E-state index is 12.8. The second-order valence-corrected chi connectivity index (χ2v) is 6.51. The van der Waals surface area contributed by atoms with Gasteiger partial charge in [-0.2, -0.15) is 18.0 Å². The van der Waals surface area contributed by atoms with E-state index in [1.165, 1.54) is 23.5 Å². The van der Waals surface area contributed by atoms with Crippen molar-refractivity contribution >= 4 is 17.2 Å². The van der Waals surface area contributed by atoms with Crippen LogP contribution in [0.5, 0.6) is 0 Å². The molecular formula is C16H14F3N5OS. The number of amides is 1. The zero-order chi connectivity index (χ0) is 18.7. The molecule has 0 spiro atoms. The van der Waals surface area contributed by atoms with E-state index in [-0.39, 0.29) is 29.9 Å². The molecule has 1 aromatic carbocycles. The van der Waals surface area contributed by atoms with Crippen LogP contribution < -0.4 is 5.32 Å². The number of thiophene rings is 1. The van der Waals surface area contributed by atoms with Gasteiger partial charge in [-0.3, -0.25) is 4.79 Å². The van der Waals surface area contributed by atoms with Crippen molar-refractivity contribution < 1.29 is 18.0 Å². The molecule has 0 bridgehead atoms. The maximum Gasteiger partial charge on any atom is 0.416 e. The van der Waals surface area contributed by atoms with Gasteiger partial charge < -0.3 is 5.32 Å². The van der Waals surface area contributed by atoms with Gasteiger partial charge in [0.05, 0.1) is 11.6 Å². The Hall–Kier alpha value is -2.75. The van der Waals surface area contributed by atoms with E-state index in [2.05, 4.69) is 20.7 Å². The normalized spacial score (nSPS) is 12.8. The van der Waals surface area contributed by atoms with Gasteiger partial charge in [0.25, 0.3) is 0 Å². The van der Waals surface area contributed by atoms with E-state index in [9.17, 15) is 18.0 Å². The first kappa shape index (κ1) is 18.1. The Morgan fingerprint density at radius 2 is 2.12 bits per heavy atom. The molecule has 1 amide bonds. The van der Waals surface area contributed by atoms with Crippen molar-refractivity contribution in [2.45, 2.75) is 25.7 Å². The van der Waals surface area contributed by atoms with Crippen LogP contribution in [0.4, 0.5) is 13.2 Å². The van der Waals surface area contributed by atoms with E-state index in [4.69, 9.17) is 0 Å². The number of rotatable bonds is 5. The zero-order valence-corrected chi connectivity index (χ0v) is 14.4. The van der Waals surface area contributed by atoms with Crippen LogP contribution in [0.1, 0.15) is 23.4 Å². The van der Waals surface area contributed by atoms with Crippen molar-refractivity contribution in [2.24, 2.45) is 0 Å². The number of halogens is 3. The quantitative estimate of drug-likeness (QED) is 0.736. The Morgan fingerprint density at radius 3 is 2.81 bits per heavy atom. The van der Waals surface area contributed by atoms with E-state index < -0.39 is 11.7 Å². The third-order valence-electron chi connectivity index (χ3n) is 3.53. The highest BCUT2D eigenvalue weighted by molar-refractivity contribution is 7.10. The second kappa shape index (κ2) is 7.24. The fourth-order valence-corrected chi connectivity index (χ4v) is 3.02. The van der Waals surface area contributed by atoms with Gasteiger partial charge in [-0.1, -0.05) is 18.2 Å². The number of hydrogen-bond acceptors (Lipinski definition) is 5. The number of nitrogens with one attached hydrogen (secondary N) is 1. The molecule has 0 aliphatic heterocycles. The molecule has 0 saturated carbocycles. The molecule has 6 nitrogen and oxygen atoms in total. The van der Waals surface area contributed by atoms with Crippen LogP contribution in [0.3, 0.4) is 0 Å². The lowest BCUT2D eigenvalue weighted by Crippen LogP contribution is -2.30. The van der Waals surface area contributed by atoms with Gasteiger partial charge in [-0.25, -0.2) is 0 Å². The highest BCUT2D eigenvalue weighted by atomic mass is 32.1. The van der Waals surface area contributed by atoms with Crippen molar-refractivity contribution in [3.05, 3.63) is 52.2 Å². The molecular weight excluding hydrogens is 367 g/mol. The summed E-state index contributed by atoms with van der Waals surface area (Å²) in [6, 6.07) is 8.28. The van der Waals surface area contributed by atoms with Gasteiger partial charge in [0.1, 0.15) is 6.54 Å². The van der Waals surface area contributed by atoms with E-state index in [1.807, 2.05) is 24.4 Å². The summed E-state index contributed by atoms with van der Waals surface area (Å²) in [4.78, 5) is 14.1. The van der Waals surface area contributed by atoms with E-state index in [0.29, 0.717) is 0 Å². The Morgan fingerprint density at radius 1 is 1.31 bits per heavy atom. The van der Waals surface area contributed by atoms with Crippen molar-refractivity contribution in [1.29, 1.82) is 0 Å². The molecule has 136 valence electrons. The third-order valence-corrected chi connectivity index (χ3v) is 4.59. The summed E-state index contributed by atoms with van der Waals surface area (Å²) in [5.41, 5.74) is -0.618. The van der Waals surface area contributed by atoms with Gasteiger partial charge in [-0.15, -0.1) is 21.5 Å². The molecule has 0 saturated heterocycles. The van der Waals surface area contributed by atoms with Crippen LogP contribution in [-0.4, -0.2) is 26.1 Å². The summed E-state index contributed by atoms with van der Waals surface area (Å²) >= 11 is 1.53. The van der Waals surface area contributed by atoms with Crippen molar-refractivity contribution in [1.82, 2.24) is 25.5 Å². The summed E-state index contributed by atoms with van der Waals surface area (Å²) in [5, 5.41) is 16.2. The molecule has 3 rings (SSSR count). The topological polar surface area (TPSA) is 72.7 Å². The molecule has 0 aliphatic rings. The van der Waals surface area contributed by atoms with Gasteiger partial charge in [0.15, 0.2) is 0 Å². The number of carbonyl (C=O) groups excluding carboxylic acids is 1. The van der Waals surface area contributed by atoms with Crippen LogP contribution in [0, 0.1) is 0 Å². The minimum absolute atomic E-state index is 0.0233. The van der Waals surface area contributed by atoms with Crippen LogP contribution in [-0.2, 0) is 17.5 Å². The van der Waals surface area contributed by atoms with Crippen molar-refractivity contribution in [3.8, 4) is 11.4 Å². The molecule has 26 heavy (non-hydrogen) atoms. The number of aromatic nitrogens is 4. The number of carbonyl (C=O) groups is 1. The average Bonchev–Trinajstić information content (AvgIpc) is 3.26. The van der Waals surface area contributed by atoms with Crippen molar-refractivity contribution in [3.63, 3.8) is 0 Å². The molecule has 0 radical (unpaired) electrons. The lowest BCUT2D eigenvalue weighted by Gasteiger charge is -2.11. The van der Waals surface area contributed by atoms with E-state index in [1.54, 1.807) is 0 Å². The summed E-state index contributed by atoms with van der Waals surface area (Å²) in [6.07, 6.45) is -4.45. The van der Waals surface area contributed by atoms with Crippen molar-refractivity contribution in [2.75, 3.05) is 0 Å². The minimum atomic E-state index is -4.45. The smallest absolute Gasteiger partial charge is 0.347 e. The molecule has 1 N–H and O–H groups in total. The highest BCUT2D eigenvalue weighted by Gasteiger charge is 2.30. The monoisotopic (exact) mass is 381 g/mol. The average molecular weight is 381 g/mol. The largest absolute Gasteiger partial charge is 0.416 e. The fourth-order valence-electron chi connectivity index (χ4n) is 2.28. The SMILES string of the molecule is CC(NC(=O)Cn1nnc(-c2cccc(C(F)(F)F)c2)n1)c1cccs1. The summed E-state index contributed by atoms with van der Waals surface area (Å²) < 4.78 is 38.4. The predicted octanol–water partition coefficient (Wildman–Crippen LogP) is 3.30. The third kappa shape index (κ3) is 4.26. The zero-order valence-electron chi connectivity index (χ0n) is 13.6. The molecule has 10 heteroatoms. The molecule has 2 aromatic heterocycles.